The molecule has 2 N–H and O–H groups in total. The van der Waals surface area contributed by atoms with Crippen molar-refractivity contribution in [3.8, 4) is 0 Å². The highest BCUT2D eigenvalue weighted by molar-refractivity contribution is 7.13. The minimum absolute atomic E-state index is 0.356. The van der Waals surface area contributed by atoms with Gasteiger partial charge in [-0.2, -0.15) is 0 Å². The van der Waals surface area contributed by atoms with Crippen LogP contribution in [0.2, 0.25) is 0 Å². The molecule has 2 aromatic rings. The molecule has 32 heavy (non-hydrogen) atoms. The molecule has 2 aliphatic rings. The maximum atomic E-state index is 13.0. The Morgan fingerprint density at radius 3 is 2.78 bits per heavy atom. The van der Waals surface area contributed by atoms with Crippen LogP contribution in [-0.2, 0) is 21.7 Å². The van der Waals surface area contributed by atoms with Crippen molar-refractivity contribution in [3.63, 3.8) is 0 Å². The van der Waals surface area contributed by atoms with Gasteiger partial charge in [-0.1, -0.05) is 36.8 Å². The first-order chi connectivity index (χ1) is 15.2. The number of urea groups is 1. The predicted octanol–water partition coefficient (Wildman–Crippen LogP) is 3.09. The fourth-order valence-electron chi connectivity index (χ4n) is 4.32. The fraction of sp³-hybridized carbons (Fsp3) is 0.478. The van der Waals surface area contributed by atoms with E-state index >= 15 is 0 Å². The number of carbonyl (C=O) groups excluding carboxylic acids is 3. The second kappa shape index (κ2) is 8.99. The molecule has 8 nitrogen and oxygen atoms in total. The van der Waals surface area contributed by atoms with Crippen LogP contribution in [0.3, 0.4) is 0 Å². The average molecular weight is 456 g/mol. The van der Waals surface area contributed by atoms with Crippen LogP contribution >= 0.6 is 11.3 Å². The molecule has 9 heteroatoms. The summed E-state index contributed by atoms with van der Waals surface area (Å²) in [5, 5.41) is 7.87. The molecule has 4 amide bonds. The number of likely N-dealkylation sites (tertiary alicyclic amines) is 1. The Hall–Kier alpha value is -2.78. The van der Waals surface area contributed by atoms with E-state index in [0.717, 1.165) is 35.8 Å². The average Bonchev–Trinajstić information content (AvgIpc) is 3.26. The normalized spacial score (nSPS) is 24.0. The molecular weight excluding hydrogens is 426 g/mol. The number of rotatable bonds is 6. The Labute approximate surface area is 192 Å². The summed E-state index contributed by atoms with van der Waals surface area (Å²) in [7, 11) is 0. The van der Waals surface area contributed by atoms with Crippen molar-refractivity contribution in [3.05, 3.63) is 46.5 Å². The third-order valence-corrected chi connectivity index (χ3v) is 6.94. The molecule has 1 aromatic heterocycles. The Morgan fingerprint density at radius 2 is 2.06 bits per heavy atom. The summed E-state index contributed by atoms with van der Waals surface area (Å²) in [5.41, 5.74) is 1.47. The van der Waals surface area contributed by atoms with Crippen LogP contribution in [0, 0.1) is 12.8 Å². The van der Waals surface area contributed by atoms with Gasteiger partial charge in [0, 0.05) is 18.5 Å². The van der Waals surface area contributed by atoms with Gasteiger partial charge in [-0.25, -0.2) is 9.78 Å². The second-order valence-electron chi connectivity index (χ2n) is 8.99. The molecule has 3 heterocycles. The van der Waals surface area contributed by atoms with Crippen molar-refractivity contribution in [2.45, 2.75) is 45.7 Å². The molecule has 0 saturated carbocycles. The number of imide groups is 1. The molecule has 4 rings (SSSR count). The molecule has 2 aliphatic heterocycles. The number of piperidine rings is 1. The lowest BCUT2D eigenvalue weighted by Crippen LogP contribution is -2.42. The largest absolute Gasteiger partial charge is 0.325 e. The highest BCUT2D eigenvalue weighted by atomic mass is 32.1. The van der Waals surface area contributed by atoms with Gasteiger partial charge in [-0.3, -0.25) is 19.4 Å². The van der Waals surface area contributed by atoms with Gasteiger partial charge in [0.15, 0.2) is 5.13 Å². The number of anilines is 1. The van der Waals surface area contributed by atoms with E-state index in [1.165, 1.54) is 24.2 Å². The number of amides is 4. The van der Waals surface area contributed by atoms with E-state index in [2.05, 4.69) is 27.4 Å². The van der Waals surface area contributed by atoms with Crippen LogP contribution in [0.4, 0.5) is 9.93 Å². The van der Waals surface area contributed by atoms with Gasteiger partial charge in [-0.15, -0.1) is 11.3 Å². The van der Waals surface area contributed by atoms with Crippen LogP contribution in [0.15, 0.2) is 29.6 Å². The Balaban J connectivity index is 1.36. The lowest BCUT2D eigenvalue weighted by atomic mass is 9.91. The van der Waals surface area contributed by atoms with Gasteiger partial charge in [0.1, 0.15) is 12.1 Å². The van der Waals surface area contributed by atoms with Gasteiger partial charge < -0.3 is 10.6 Å². The Morgan fingerprint density at radius 1 is 1.31 bits per heavy atom. The quantitative estimate of drug-likeness (QED) is 0.653. The van der Waals surface area contributed by atoms with Crippen LogP contribution in [-0.4, -0.2) is 52.3 Å². The fourth-order valence-corrected chi connectivity index (χ4v) is 5.04. The SMILES string of the molecule is Cc1ccc([C@@]2(C)NC(=O)N(CC(=O)Nc3nc(CN4CCC[C@@H](C)C4)cs3)C2=O)cc1. The predicted molar refractivity (Wildman–Crippen MR) is 123 cm³/mol. The molecular formula is C23H29N5O3S. The van der Waals surface area contributed by atoms with E-state index in [4.69, 9.17) is 0 Å². The van der Waals surface area contributed by atoms with Crippen molar-refractivity contribution in [1.29, 1.82) is 0 Å². The summed E-state index contributed by atoms with van der Waals surface area (Å²) in [6.45, 7) is 8.40. The standard InChI is InChI=1S/C23H29N5O3S/c1-15-6-8-17(9-7-15)23(3)20(30)28(22(31)26-23)13-19(29)25-21-24-18(14-32-21)12-27-10-4-5-16(2)11-27/h6-9,14,16H,4-5,10-13H2,1-3H3,(H,26,31)(H,24,25,29)/t16-,23-/m1/s1. The van der Waals surface area contributed by atoms with Crippen molar-refractivity contribution in [2.75, 3.05) is 25.0 Å². The molecule has 0 bridgehead atoms. The van der Waals surface area contributed by atoms with Crippen LogP contribution in [0.25, 0.3) is 0 Å². The van der Waals surface area contributed by atoms with Gasteiger partial charge in [-0.05, 0) is 44.7 Å². The minimum atomic E-state index is -1.19. The maximum Gasteiger partial charge on any atom is 0.325 e. The van der Waals surface area contributed by atoms with Gasteiger partial charge in [0.2, 0.25) is 5.91 Å². The summed E-state index contributed by atoms with van der Waals surface area (Å²) in [6.07, 6.45) is 2.46. The van der Waals surface area contributed by atoms with Gasteiger partial charge in [0.05, 0.1) is 5.69 Å². The summed E-state index contributed by atoms with van der Waals surface area (Å²) >= 11 is 1.35. The summed E-state index contributed by atoms with van der Waals surface area (Å²) in [4.78, 5) is 45.9. The van der Waals surface area contributed by atoms with Crippen molar-refractivity contribution < 1.29 is 14.4 Å². The second-order valence-corrected chi connectivity index (χ2v) is 9.85. The lowest BCUT2D eigenvalue weighted by Gasteiger charge is -2.30. The number of carbonyl (C=O) groups is 3. The zero-order valence-electron chi connectivity index (χ0n) is 18.7. The molecule has 2 atom stereocenters. The number of hydrogen-bond donors (Lipinski definition) is 2. The van der Waals surface area contributed by atoms with Crippen molar-refractivity contribution in [1.82, 2.24) is 20.1 Å². The number of thiazole rings is 1. The number of nitrogens with zero attached hydrogens (tertiary/aromatic N) is 3. The van der Waals surface area contributed by atoms with Crippen molar-refractivity contribution in [2.24, 2.45) is 5.92 Å². The van der Waals surface area contributed by atoms with E-state index in [0.29, 0.717) is 16.6 Å². The van der Waals surface area contributed by atoms with E-state index in [1.807, 2.05) is 36.6 Å². The highest BCUT2D eigenvalue weighted by Crippen LogP contribution is 2.29. The summed E-state index contributed by atoms with van der Waals surface area (Å²) in [6, 6.07) is 6.83. The Bertz CT molecular complexity index is 1020. The maximum absolute atomic E-state index is 13.0. The number of benzene rings is 1. The minimum Gasteiger partial charge on any atom is -0.319 e. The molecule has 0 unspecified atom stereocenters. The van der Waals surface area contributed by atoms with E-state index in [1.54, 1.807) is 6.92 Å². The topological polar surface area (TPSA) is 94.6 Å². The number of aryl methyl sites for hydroxylation is 1. The summed E-state index contributed by atoms with van der Waals surface area (Å²) in [5.74, 6) is -0.203. The molecule has 170 valence electrons. The molecule has 0 spiro atoms. The van der Waals surface area contributed by atoms with Crippen molar-refractivity contribution >= 4 is 34.3 Å². The van der Waals surface area contributed by atoms with E-state index < -0.39 is 23.4 Å². The number of nitrogens with one attached hydrogen (secondary N) is 2. The molecule has 0 radical (unpaired) electrons. The van der Waals surface area contributed by atoms with Crippen LogP contribution in [0.1, 0.15) is 43.5 Å². The molecule has 0 aliphatic carbocycles. The highest BCUT2D eigenvalue weighted by Gasteiger charge is 2.49. The zero-order valence-corrected chi connectivity index (χ0v) is 19.5. The smallest absolute Gasteiger partial charge is 0.319 e. The van der Waals surface area contributed by atoms with Crippen LogP contribution in [0.5, 0.6) is 0 Å². The Kier molecular flexibility index (Phi) is 6.30. The number of hydrogen-bond acceptors (Lipinski definition) is 6. The van der Waals surface area contributed by atoms with Gasteiger partial charge in [0.25, 0.3) is 5.91 Å². The van der Waals surface area contributed by atoms with Gasteiger partial charge >= 0.3 is 6.03 Å². The molecule has 2 fully saturated rings. The third kappa shape index (κ3) is 4.68. The third-order valence-electron chi connectivity index (χ3n) is 6.13. The summed E-state index contributed by atoms with van der Waals surface area (Å²) < 4.78 is 0. The van der Waals surface area contributed by atoms with E-state index in [9.17, 15) is 14.4 Å². The molecule has 1 aromatic carbocycles. The van der Waals surface area contributed by atoms with E-state index in [-0.39, 0.29) is 6.54 Å². The first-order valence-electron chi connectivity index (χ1n) is 10.9. The zero-order chi connectivity index (χ0) is 22.9. The monoisotopic (exact) mass is 455 g/mol. The van der Waals surface area contributed by atoms with Crippen LogP contribution < -0.4 is 10.6 Å². The number of aromatic nitrogens is 1. The first-order valence-corrected chi connectivity index (χ1v) is 11.8. The first kappa shape index (κ1) is 22.4. The lowest BCUT2D eigenvalue weighted by molar-refractivity contribution is -0.133. The molecule has 2 saturated heterocycles.